The first-order valence-corrected chi connectivity index (χ1v) is 13.0. The highest BCUT2D eigenvalue weighted by atomic mass is 35.5. The minimum atomic E-state index is -0.466. The van der Waals surface area contributed by atoms with Gasteiger partial charge in [-0.05, 0) is 43.0 Å². The monoisotopic (exact) mass is 482 g/mol. The highest BCUT2D eigenvalue weighted by Gasteiger charge is 2.25. The third-order valence-corrected chi connectivity index (χ3v) is 8.52. The number of para-hydroxylation sites is 2. The Morgan fingerprint density at radius 2 is 1.80 bits per heavy atom. The van der Waals surface area contributed by atoms with Crippen molar-refractivity contribution in [1.29, 1.82) is 0 Å². The first kappa shape index (κ1) is 23.3. The fourth-order valence-electron chi connectivity index (χ4n) is 3.47. The summed E-state index contributed by atoms with van der Waals surface area (Å²) in [6.45, 7) is 0. The Labute approximate surface area is 195 Å². The molecule has 0 aliphatic carbocycles. The molecule has 0 aromatic heterocycles. The molecule has 30 heavy (non-hydrogen) atoms. The number of nitrogens with zero attached hydrogens (tertiary/aromatic N) is 1. The molecule has 0 unspecified atom stereocenters. The number of hydrogen-bond acceptors (Lipinski definition) is 4. The molecule has 1 aliphatic rings. The average molecular weight is 483 g/mol. The van der Waals surface area contributed by atoms with Crippen molar-refractivity contribution in [2.24, 2.45) is 5.73 Å². The molecule has 1 aliphatic heterocycles. The maximum atomic E-state index is 13.4. The van der Waals surface area contributed by atoms with Gasteiger partial charge in [-0.2, -0.15) is 0 Å². The van der Waals surface area contributed by atoms with Crippen LogP contribution in [0.25, 0.3) is 0 Å². The van der Waals surface area contributed by atoms with Crippen molar-refractivity contribution in [1.82, 2.24) is 0 Å². The van der Waals surface area contributed by atoms with Gasteiger partial charge in [-0.25, -0.2) is 0 Å². The van der Waals surface area contributed by atoms with E-state index in [0.717, 1.165) is 19.3 Å². The molecule has 2 aromatic rings. The van der Waals surface area contributed by atoms with Gasteiger partial charge in [-0.3, -0.25) is 14.5 Å². The molecular formula is C22H24Cl2N2O2S2. The Hall–Kier alpha value is -1.34. The van der Waals surface area contributed by atoms with Crippen LogP contribution in [0.5, 0.6) is 0 Å². The average Bonchev–Trinajstić information content (AvgIpc) is 3.22. The summed E-state index contributed by atoms with van der Waals surface area (Å²) >= 11 is 12.9. The van der Waals surface area contributed by atoms with Crippen LogP contribution in [0, 0.1) is 0 Å². The summed E-state index contributed by atoms with van der Waals surface area (Å²) in [5.74, 6) is 0.645. The zero-order valence-electron chi connectivity index (χ0n) is 16.5. The molecule has 4 nitrogen and oxygen atoms in total. The molecule has 8 heteroatoms. The summed E-state index contributed by atoms with van der Waals surface area (Å²) in [6, 6.07) is 12.4. The summed E-state index contributed by atoms with van der Waals surface area (Å²) < 4.78 is 0. The summed E-state index contributed by atoms with van der Waals surface area (Å²) in [5, 5.41) is 1.45. The molecule has 1 fully saturated rings. The SMILES string of the molecule is NC(=O)Cc1ccccc1N(C(=O)CCCC[C@@H]1CCSS1)c1c(Cl)cccc1Cl. The van der Waals surface area contributed by atoms with Crippen LogP contribution in [0.15, 0.2) is 42.5 Å². The zero-order valence-corrected chi connectivity index (χ0v) is 19.6. The lowest BCUT2D eigenvalue weighted by molar-refractivity contribution is -0.118. The summed E-state index contributed by atoms with van der Waals surface area (Å²) in [6.07, 6.45) is 4.55. The van der Waals surface area contributed by atoms with Gasteiger partial charge in [0.1, 0.15) is 0 Å². The Kier molecular flexibility index (Phi) is 8.81. The van der Waals surface area contributed by atoms with E-state index in [0.29, 0.717) is 38.7 Å². The maximum absolute atomic E-state index is 13.4. The van der Waals surface area contributed by atoms with Crippen molar-refractivity contribution >= 4 is 68.0 Å². The Morgan fingerprint density at radius 1 is 1.07 bits per heavy atom. The van der Waals surface area contributed by atoms with E-state index in [1.807, 2.05) is 33.7 Å². The van der Waals surface area contributed by atoms with Crippen LogP contribution in [-0.2, 0) is 16.0 Å². The van der Waals surface area contributed by atoms with E-state index < -0.39 is 5.91 Å². The molecule has 2 amide bonds. The lowest BCUT2D eigenvalue weighted by Gasteiger charge is -2.27. The van der Waals surface area contributed by atoms with Gasteiger partial charge in [0.15, 0.2) is 0 Å². The molecule has 1 saturated heterocycles. The van der Waals surface area contributed by atoms with E-state index in [-0.39, 0.29) is 12.3 Å². The Morgan fingerprint density at radius 3 is 2.47 bits per heavy atom. The number of halogens is 2. The molecule has 1 heterocycles. The molecule has 160 valence electrons. The van der Waals surface area contributed by atoms with E-state index in [1.165, 1.54) is 12.2 Å². The molecule has 2 N–H and O–H groups in total. The van der Waals surface area contributed by atoms with E-state index in [2.05, 4.69) is 0 Å². The van der Waals surface area contributed by atoms with Crippen LogP contribution < -0.4 is 10.6 Å². The maximum Gasteiger partial charge on any atom is 0.231 e. The van der Waals surface area contributed by atoms with Crippen molar-refractivity contribution in [3.8, 4) is 0 Å². The number of nitrogens with two attached hydrogens (primary N) is 1. The van der Waals surface area contributed by atoms with Crippen LogP contribution in [0.4, 0.5) is 11.4 Å². The van der Waals surface area contributed by atoms with Crippen LogP contribution in [0.1, 0.15) is 37.7 Å². The molecule has 1 atom stereocenters. The van der Waals surface area contributed by atoms with E-state index in [9.17, 15) is 9.59 Å². The van der Waals surface area contributed by atoms with Crippen molar-refractivity contribution in [2.45, 2.75) is 43.8 Å². The standard InChI is InChI=1S/C22H24Cl2N2O2S2/c23-17-8-5-9-18(24)22(17)26(19-10-3-1-6-15(19)14-20(25)27)21(28)11-4-2-7-16-12-13-29-30-16/h1,3,5-6,8-10,16H,2,4,7,11-14H2,(H2,25,27)/t16-/m1/s1. The lowest BCUT2D eigenvalue weighted by atomic mass is 10.1. The van der Waals surface area contributed by atoms with E-state index in [4.69, 9.17) is 28.9 Å². The third kappa shape index (κ3) is 6.10. The van der Waals surface area contributed by atoms with Gasteiger partial charge in [0.05, 0.1) is 27.8 Å². The van der Waals surface area contributed by atoms with Crippen LogP contribution in [0.3, 0.4) is 0 Å². The molecule has 0 bridgehead atoms. The van der Waals surface area contributed by atoms with Crippen molar-refractivity contribution < 1.29 is 9.59 Å². The number of primary amides is 1. The molecule has 0 radical (unpaired) electrons. The first-order valence-electron chi connectivity index (χ1n) is 9.89. The fourth-order valence-corrected chi connectivity index (χ4v) is 7.07. The summed E-state index contributed by atoms with van der Waals surface area (Å²) in [5.41, 5.74) is 7.11. The fraction of sp³-hybridized carbons (Fsp3) is 0.364. The van der Waals surface area contributed by atoms with Gasteiger partial charge >= 0.3 is 0 Å². The first-order chi connectivity index (χ1) is 14.5. The van der Waals surface area contributed by atoms with Crippen LogP contribution in [-0.4, -0.2) is 22.8 Å². The molecule has 0 saturated carbocycles. The second-order valence-corrected chi connectivity index (χ2v) is 10.7. The lowest BCUT2D eigenvalue weighted by Crippen LogP contribution is -2.28. The number of carbonyl (C=O) groups is 2. The van der Waals surface area contributed by atoms with Crippen LogP contribution >= 0.6 is 44.8 Å². The van der Waals surface area contributed by atoms with Gasteiger partial charge < -0.3 is 5.73 Å². The van der Waals surface area contributed by atoms with Gasteiger partial charge in [0.25, 0.3) is 0 Å². The van der Waals surface area contributed by atoms with Gasteiger partial charge in [0, 0.05) is 17.4 Å². The second kappa shape index (κ2) is 11.3. The largest absolute Gasteiger partial charge is 0.369 e. The quantitative estimate of drug-likeness (QED) is 0.331. The zero-order chi connectivity index (χ0) is 21.5. The number of amides is 2. The van der Waals surface area contributed by atoms with Crippen molar-refractivity contribution in [3.63, 3.8) is 0 Å². The highest BCUT2D eigenvalue weighted by molar-refractivity contribution is 8.77. The van der Waals surface area contributed by atoms with E-state index >= 15 is 0 Å². The predicted molar refractivity (Wildman–Crippen MR) is 130 cm³/mol. The van der Waals surface area contributed by atoms with Crippen molar-refractivity contribution in [3.05, 3.63) is 58.1 Å². The number of benzene rings is 2. The topological polar surface area (TPSA) is 63.4 Å². The molecular weight excluding hydrogens is 459 g/mol. The number of hydrogen-bond donors (Lipinski definition) is 1. The normalized spacial score (nSPS) is 15.9. The van der Waals surface area contributed by atoms with E-state index in [1.54, 1.807) is 35.2 Å². The van der Waals surface area contributed by atoms with Crippen molar-refractivity contribution in [2.75, 3.05) is 10.7 Å². The molecule has 3 rings (SSSR count). The van der Waals surface area contributed by atoms with Crippen LogP contribution in [0.2, 0.25) is 10.0 Å². The summed E-state index contributed by atoms with van der Waals surface area (Å²) in [4.78, 5) is 26.5. The Balaban J connectivity index is 1.85. The smallest absolute Gasteiger partial charge is 0.231 e. The Bertz CT molecular complexity index is 884. The summed E-state index contributed by atoms with van der Waals surface area (Å²) in [7, 11) is 3.89. The highest BCUT2D eigenvalue weighted by Crippen LogP contribution is 2.41. The predicted octanol–water partition coefficient (Wildman–Crippen LogP) is 6.40. The van der Waals surface area contributed by atoms with Gasteiger partial charge in [-0.1, -0.05) is 75.5 Å². The number of carbonyl (C=O) groups excluding carboxylic acids is 2. The minimum absolute atomic E-state index is 0.0264. The third-order valence-electron chi connectivity index (χ3n) is 4.90. The molecule has 0 spiro atoms. The number of unbranched alkanes of at least 4 members (excludes halogenated alkanes) is 1. The second-order valence-electron chi connectivity index (χ2n) is 7.15. The van der Waals surface area contributed by atoms with Gasteiger partial charge in [-0.15, -0.1) is 0 Å². The minimum Gasteiger partial charge on any atom is -0.369 e. The number of rotatable bonds is 9. The van der Waals surface area contributed by atoms with Gasteiger partial charge in [0.2, 0.25) is 11.8 Å². The number of anilines is 2. The molecule has 2 aromatic carbocycles.